The van der Waals surface area contributed by atoms with Crippen molar-refractivity contribution in [1.82, 2.24) is 5.32 Å². The number of hydrogen-bond donors (Lipinski definition) is 1. The van der Waals surface area contributed by atoms with Crippen LogP contribution < -0.4 is 5.32 Å². The molecule has 1 fully saturated rings. The molecule has 0 amide bonds. The first-order valence-corrected chi connectivity index (χ1v) is 7.61. The molecule has 1 aliphatic carbocycles. The van der Waals surface area contributed by atoms with Crippen LogP contribution in [0.5, 0.6) is 0 Å². The van der Waals surface area contributed by atoms with Gasteiger partial charge in [0.1, 0.15) is 0 Å². The Bertz CT molecular complexity index is 223. The molecule has 3 heteroatoms. The zero-order valence-corrected chi connectivity index (χ0v) is 12.6. The highest BCUT2D eigenvalue weighted by Crippen LogP contribution is 2.45. The van der Waals surface area contributed by atoms with Gasteiger partial charge in [0.25, 0.3) is 0 Å². The summed E-state index contributed by atoms with van der Waals surface area (Å²) < 4.78 is 11.4. The van der Waals surface area contributed by atoms with Gasteiger partial charge < -0.3 is 14.8 Å². The van der Waals surface area contributed by atoms with Gasteiger partial charge in [0.2, 0.25) is 0 Å². The summed E-state index contributed by atoms with van der Waals surface area (Å²) in [7, 11) is 0. The lowest BCUT2D eigenvalue weighted by Gasteiger charge is -2.53. The molecule has 0 spiro atoms. The van der Waals surface area contributed by atoms with E-state index >= 15 is 0 Å². The summed E-state index contributed by atoms with van der Waals surface area (Å²) >= 11 is 0. The van der Waals surface area contributed by atoms with Crippen LogP contribution in [0.2, 0.25) is 0 Å². The quantitative estimate of drug-likeness (QED) is 0.610. The first-order valence-electron chi connectivity index (χ1n) is 7.61. The zero-order valence-electron chi connectivity index (χ0n) is 12.6. The predicted octanol–water partition coefficient (Wildman–Crippen LogP) is 2.99. The second kappa shape index (κ2) is 8.13. The summed E-state index contributed by atoms with van der Waals surface area (Å²) in [6.45, 7) is 12.4. The van der Waals surface area contributed by atoms with Crippen molar-refractivity contribution in [2.24, 2.45) is 5.41 Å². The van der Waals surface area contributed by atoms with E-state index in [-0.39, 0.29) is 0 Å². The van der Waals surface area contributed by atoms with Crippen LogP contribution in [0.25, 0.3) is 0 Å². The number of unbranched alkanes of at least 4 members (excludes halogenated alkanes) is 1. The third-order valence-electron chi connectivity index (χ3n) is 4.39. The standard InChI is InChI=1S/C15H31NO2/c1-5-8-10-17-11-9-16-13-12-14(18-7-3)15(13,4)6-2/h13-14,16H,5-12H2,1-4H3. The Morgan fingerprint density at radius 2 is 2.00 bits per heavy atom. The van der Waals surface area contributed by atoms with Crippen LogP contribution in [-0.4, -0.2) is 38.5 Å². The number of hydrogen-bond acceptors (Lipinski definition) is 3. The van der Waals surface area contributed by atoms with E-state index in [0.717, 1.165) is 32.8 Å². The number of nitrogens with one attached hydrogen (secondary N) is 1. The van der Waals surface area contributed by atoms with Crippen molar-refractivity contribution < 1.29 is 9.47 Å². The molecular weight excluding hydrogens is 226 g/mol. The highest BCUT2D eigenvalue weighted by Gasteiger charge is 2.50. The van der Waals surface area contributed by atoms with Gasteiger partial charge in [0.05, 0.1) is 12.7 Å². The first-order chi connectivity index (χ1) is 8.69. The molecular formula is C15H31NO2. The summed E-state index contributed by atoms with van der Waals surface area (Å²) in [5, 5.41) is 3.62. The van der Waals surface area contributed by atoms with Crippen molar-refractivity contribution in [3.8, 4) is 0 Å². The molecule has 0 aromatic rings. The van der Waals surface area contributed by atoms with E-state index in [4.69, 9.17) is 9.47 Å². The zero-order chi connectivity index (χ0) is 13.4. The van der Waals surface area contributed by atoms with Crippen LogP contribution >= 0.6 is 0 Å². The van der Waals surface area contributed by atoms with Gasteiger partial charge >= 0.3 is 0 Å². The van der Waals surface area contributed by atoms with Gasteiger partial charge in [0.15, 0.2) is 0 Å². The fraction of sp³-hybridized carbons (Fsp3) is 1.00. The minimum Gasteiger partial charge on any atom is -0.380 e. The van der Waals surface area contributed by atoms with Gasteiger partial charge in [0, 0.05) is 31.2 Å². The lowest BCUT2D eigenvalue weighted by molar-refractivity contribution is -0.126. The normalized spacial score (nSPS) is 31.3. The highest BCUT2D eigenvalue weighted by molar-refractivity contribution is 5.04. The maximum Gasteiger partial charge on any atom is 0.0658 e. The molecule has 0 aliphatic heterocycles. The van der Waals surface area contributed by atoms with E-state index in [1.54, 1.807) is 0 Å². The molecule has 3 unspecified atom stereocenters. The maximum absolute atomic E-state index is 5.80. The van der Waals surface area contributed by atoms with Crippen molar-refractivity contribution >= 4 is 0 Å². The summed E-state index contributed by atoms with van der Waals surface area (Å²) in [6.07, 6.45) is 5.13. The van der Waals surface area contributed by atoms with E-state index in [1.807, 2.05) is 0 Å². The monoisotopic (exact) mass is 257 g/mol. The molecule has 0 aromatic heterocycles. The lowest BCUT2D eigenvalue weighted by Crippen LogP contribution is -2.62. The molecule has 1 N–H and O–H groups in total. The van der Waals surface area contributed by atoms with Crippen molar-refractivity contribution in [1.29, 1.82) is 0 Å². The molecule has 3 nitrogen and oxygen atoms in total. The predicted molar refractivity (Wildman–Crippen MR) is 75.9 cm³/mol. The Kier molecular flexibility index (Phi) is 7.20. The Labute approximate surface area is 113 Å². The van der Waals surface area contributed by atoms with Crippen LogP contribution in [0.4, 0.5) is 0 Å². The van der Waals surface area contributed by atoms with Gasteiger partial charge in [-0.3, -0.25) is 0 Å². The van der Waals surface area contributed by atoms with Gasteiger partial charge in [-0.25, -0.2) is 0 Å². The van der Waals surface area contributed by atoms with Crippen molar-refractivity contribution in [3.05, 3.63) is 0 Å². The molecule has 0 saturated heterocycles. The molecule has 1 saturated carbocycles. The van der Waals surface area contributed by atoms with Crippen molar-refractivity contribution in [3.63, 3.8) is 0 Å². The van der Waals surface area contributed by atoms with E-state index < -0.39 is 0 Å². The minimum absolute atomic E-state index is 0.305. The molecule has 108 valence electrons. The van der Waals surface area contributed by atoms with Crippen LogP contribution in [-0.2, 0) is 9.47 Å². The average molecular weight is 257 g/mol. The van der Waals surface area contributed by atoms with Crippen LogP contribution in [0.1, 0.15) is 53.4 Å². The Balaban J connectivity index is 2.15. The van der Waals surface area contributed by atoms with Crippen LogP contribution in [0.15, 0.2) is 0 Å². The molecule has 18 heavy (non-hydrogen) atoms. The Morgan fingerprint density at radius 1 is 1.22 bits per heavy atom. The van der Waals surface area contributed by atoms with E-state index in [2.05, 4.69) is 33.0 Å². The SMILES string of the molecule is CCCCOCCNC1CC(OCC)C1(C)CC. The van der Waals surface area contributed by atoms with Crippen molar-refractivity contribution in [2.45, 2.75) is 65.5 Å². The maximum atomic E-state index is 5.80. The second-order valence-electron chi connectivity index (χ2n) is 5.51. The number of rotatable bonds is 10. The Hall–Kier alpha value is -0.120. The molecule has 0 bridgehead atoms. The molecule has 3 atom stereocenters. The molecule has 0 radical (unpaired) electrons. The average Bonchev–Trinajstić information content (AvgIpc) is 2.39. The summed E-state index contributed by atoms with van der Waals surface area (Å²) in [4.78, 5) is 0. The summed E-state index contributed by atoms with van der Waals surface area (Å²) in [5.74, 6) is 0. The van der Waals surface area contributed by atoms with E-state index in [0.29, 0.717) is 17.6 Å². The van der Waals surface area contributed by atoms with Gasteiger partial charge in [-0.15, -0.1) is 0 Å². The molecule has 0 aromatic carbocycles. The smallest absolute Gasteiger partial charge is 0.0658 e. The first kappa shape index (κ1) is 15.9. The van der Waals surface area contributed by atoms with Crippen molar-refractivity contribution in [2.75, 3.05) is 26.4 Å². The van der Waals surface area contributed by atoms with Crippen LogP contribution in [0.3, 0.4) is 0 Å². The second-order valence-corrected chi connectivity index (χ2v) is 5.51. The van der Waals surface area contributed by atoms with Gasteiger partial charge in [-0.05, 0) is 26.2 Å². The third-order valence-corrected chi connectivity index (χ3v) is 4.39. The molecule has 1 rings (SSSR count). The fourth-order valence-corrected chi connectivity index (χ4v) is 2.72. The van der Waals surface area contributed by atoms with Crippen LogP contribution in [0, 0.1) is 5.41 Å². The minimum atomic E-state index is 0.305. The molecule has 1 aliphatic rings. The largest absolute Gasteiger partial charge is 0.380 e. The molecule has 0 heterocycles. The third kappa shape index (κ3) is 3.94. The number of ether oxygens (including phenoxy) is 2. The van der Waals surface area contributed by atoms with E-state index in [1.165, 1.54) is 19.3 Å². The Morgan fingerprint density at radius 3 is 2.61 bits per heavy atom. The topological polar surface area (TPSA) is 30.5 Å². The lowest BCUT2D eigenvalue weighted by atomic mass is 9.61. The van der Waals surface area contributed by atoms with Gasteiger partial charge in [-0.2, -0.15) is 0 Å². The fourth-order valence-electron chi connectivity index (χ4n) is 2.72. The summed E-state index contributed by atoms with van der Waals surface area (Å²) in [6, 6.07) is 0.592. The highest BCUT2D eigenvalue weighted by atomic mass is 16.5. The summed E-state index contributed by atoms with van der Waals surface area (Å²) in [5.41, 5.74) is 0.305. The van der Waals surface area contributed by atoms with E-state index in [9.17, 15) is 0 Å². The van der Waals surface area contributed by atoms with Gasteiger partial charge in [-0.1, -0.05) is 27.2 Å².